The second kappa shape index (κ2) is 14.2. The predicted octanol–water partition coefficient (Wildman–Crippen LogP) is 6.06. The Kier molecular flexibility index (Phi) is 10.5. The number of urea groups is 1. The van der Waals surface area contributed by atoms with E-state index >= 15 is 0 Å². The summed E-state index contributed by atoms with van der Waals surface area (Å²) in [4.78, 5) is 29.2. The molecule has 0 bridgehead atoms. The Hall–Kier alpha value is -4.78. The van der Waals surface area contributed by atoms with E-state index in [4.69, 9.17) is 4.79 Å². The third-order valence-corrected chi connectivity index (χ3v) is 6.31. The van der Waals surface area contributed by atoms with Gasteiger partial charge in [0.2, 0.25) is 0 Å². The molecule has 2 heterocycles. The van der Waals surface area contributed by atoms with Crippen molar-refractivity contribution in [1.29, 1.82) is 0 Å². The van der Waals surface area contributed by atoms with Gasteiger partial charge < -0.3 is 20.0 Å². The number of aryl methyl sites for hydroxylation is 3. The lowest BCUT2D eigenvalue weighted by Gasteiger charge is -2.20. The van der Waals surface area contributed by atoms with Gasteiger partial charge in [-0.3, -0.25) is 4.98 Å². The first-order valence-electron chi connectivity index (χ1n) is 12.7. The highest BCUT2D eigenvalue weighted by Crippen LogP contribution is 2.23. The summed E-state index contributed by atoms with van der Waals surface area (Å²) in [6.07, 6.45) is 4.32. The molecule has 0 aliphatic carbocycles. The van der Waals surface area contributed by atoms with Crippen LogP contribution in [0.25, 0.3) is 16.6 Å². The standard InChI is InChI=1S/C23H23N5O.C8H10.CH2O/c1-16-8-9-18-15-19(10-11-20(18)26-16)28-13-12-25-22(28)21(27-23(29)24-2)14-17-6-4-3-5-7-17;1-7-5-3-4-6-8(7)2;1-2/h3-13,15,21H,14H2,1-2H3,(H2,24,27,29);3-6H,1-2H3;1H2. The van der Waals surface area contributed by atoms with Crippen LogP contribution in [0.15, 0.2) is 97.3 Å². The fourth-order valence-electron chi connectivity index (χ4n) is 4.11. The third-order valence-electron chi connectivity index (χ3n) is 6.31. The molecule has 5 rings (SSSR count). The molecule has 1 unspecified atom stereocenters. The van der Waals surface area contributed by atoms with Crippen LogP contribution in [0.5, 0.6) is 0 Å². The van der Waals surface area contributed by atoms with Crippen molar-refractivity contribution in [2.24, 2.45) is 0 Å². The highest BCUT2D eigenvalue weighted by molar-refractivity contribution is 5.81. The molecular formula is C32H35N5O2. The number of aromatic nitrogens is 3. The van der Waals surface area contributed by atoms with E-state index in [9.17, 15) is 4.79 Å². The molecule has 39 heavy (non-hydrogen) atoms. The second-order valence-corrected chi connectivity index (χ2v) is 9.04. The van der Waals surface area contributed by atoms with Gasteiger partial charge in [-0.15, -0.1) is 0 Å². The first-order valence-corrected chi connectivity index (χ1v) is 12.7. The smallest absolute Gasteiger partial charge is 0.315 e. The Morgan fingerprint density at radius 2 is 1.56 bits per heavy atom. The zero-order valence-corrected chi connectivity index (χ0v) is 22.9. The van der Waals surface area contributed by atoms with Crippen molar-refractivity contribution in [1.82, 2.24) is 25.2 Å². The summed E-state index contributed by atoms with van der Waals surface area (Å²) in [5.74, 6) is 0.775. The molecule has 200 valence electrons. The molecule has 2 aromatic heterocycles. The second-order valence-electron chi connectivity index (χ2n) is 9.04. The first kappa shape index (κ1) is 28.8. The van der Waals surface area contributed by atoms with Gasteiger partial charge in [-0.25, -0.2) is 9.78 Å². The Morgan fingerprint density at radius 3 is 2.21 bits per heavy atom. The number of rotatable bonds is 5. The van der Waals surface area contributed by atoms with E-state index in [-0.39, 0.29) is 12.1 Å². The summed E-state index contributed by atoms with van der Waals surface area (Å²) in [5.41, 5.74) is 6.79. The number of nitrogens with one attached hydrogen (secondary N) is 2. The number of hydrogen-bond donors (Lipinski definition) is 2. The van der Waals surface area contributed by atoms with Crippen molar-refractivity contribution in [2.45, 2.75) is 33.2 Å². The maximum Gasteiger partial charge on any atom is 0.315 e. The van der Waals surface area contributed by atoms with Gasteiger partial charge in [0.05, 0.1) is 11.6 Å². The van der Waals surface area contributed by atoms with Crippen LogP contribution in [0.1, 0.15) is 34.3 Å². The van der Waals surface area contributed by atoms with Crippen LogP contribution in [0, 0.1) is 20.8 Å². The third kappa shape index (κ3) is 7.85. The number of pyridine rings is 1. The number of benzene rings is 3. The number of hydrogen-bond acceptors (Lipinski definition) is 4. The molecule has 2 N–H and O–H groups in total. The van der Waals surface area contributed by atoms with Crippen LogP contribution >= 0.6 is 0 Å². The van der Waals surface area contributed by atoms with Crippen molar-refractivity contribution in [3.05, 3.63) is 126 Å². The van der Waals surface area contributed by atoms with Crippen LogP contribution in [0.3, 0.4) is 0 Å². The van der Waals surface area contributed by atoms with Crippen molar-refractivity contribution in [2.75, 3.05) is 7.05 Å². The molecule has 2 amide bonds. The monoisotopic (exact) mass is 521 g/mol. The van der Waals surface area contributed by atoms with Gasteiger partial charge >= 0.3 is 6.03 Å². The number of fused-ring (bicyclic) bond motifs is 1. The molecule has 7 heteroatoms. The topological polar surface area (TPSA) is 88.9 Å². The summed E-state index contributed by atoms with van der Waals surface area (Å²) in [7, 11) is 1.61. The van der Waals surface area contributed by atoms with Gasteiger partial charge in [0.15, 0.2) is 0 Å². The van der Waals surface area contributed by atoms with Gasteiger partial charge in [0.1, 0.15) is 12.6 Å². The normalized spacial score (nSPS) is 10.9. The zero-order valence-electron chi connectivity index (χ0n) is 22.9. The molecule has 0 saturated heterocycles. The summed E-state index contributed by atoms with van der Waals surface area (Å²) in [6.45, 7) is 8.23. The fourth-order valence-corrected chi connectivity index (χ4v) is 4.11. The average Bonchev–Trinajstić information content (AvgIpc) is 3.46. The molecule has 0 saturated carbocycles. The maximum absolute atomic E-state index is 12.1. The highest BCUT2D eigenvalue weighted by atomic mass is 16.2. The first-order chi connectivity index (χ1) is 18.9. The quantitative estimate of drug-likeness (QED) is 0.294. The molecule has 3 aromatic carbocycles. The largest absolute Gasteiger partial charge is 0.341 e. The number of carbonyl (C=O) groups excluding carboxylic acids is 2. The van der Waals surface area contributed by atoms with E-state index in [1.165, 1.54) is 11.1 Å². The molecule has 0 aliphatic rings. The summed E-state index contributed by atoms with van der Waals surface area (Å²) in [5, 5.41) is 6.72. The van der Waals surface area contributed by atoms with Gasteiger partial charge in [-0.2, -0.15) is 0 Å². The molecule has 0 aliphatic heterocycles. The van der Waals surface area contributed by atoms with Crippen LogP contribution < -0.4 is 10.6 Å². The van der Waals surface area contributed by atoms with E-state index in [0.29, 0.717) is 6.42 Å². The van der Waals surface area contributed by atoms with E-state index in [2.05, 4.69) is 83.0 Å². The Morgan fingerprint density at radius 1 is 0.897 bits per heavy atom. The molecule has 0 radical (unpaired) electrons. The molecule has 1 atom stereocenters. The minimum Gasteiger partial charge on any atom is -0.341 e. The number of carbonyl (C=O) groups is 2. The van der Waals surface area contributed by atoms with Gasteiger partial charge in [0, 0.05) is 36.2 Å². The van der Waals surface area contributed by atoms with Crippen molar-refractivity contribution >= 4 is 23.7 Å². The molecule has 7 nitrogen and oxygen atoms in total. The summed E-state index contributed by atoms with van der Waals surface area (Å²) >= 11 is 0. The molecular weight excluding hydrogens is 486 g/mol. The summed E-state index contributed by atoms with van der Waals surface area (Å²) in [6, 6.07) is 28.1. The van der Waals surface area contributed by atoms with Crippen LogP contribution in [-0.4, -0.2) is 34.4 Å². The van der Waals surface area contributed by atoms with Crippen LogP contribution in [0.4, 0.5) is 4.79 Å². The summed E-state index contributed by atoms with van der Waals surface area (Å²) < 4.78 is 2.02. The average molecular weight is 522 g/mol. The zero-order chi connectivity index (χ0) is 28.2. The van der Waals surface area contributed by atoms with Gasteiger partial charge in [-0.1, -0.05) is 60.7 Å². The van der Waals surface area contributed by atoms with E-state index in [0.717, 1.165) is 33.7 Å². The van der Waals surface area contributed by atoms with E-state index in [1.54, 1.807) is 13.2 Å². The lowest BCUT2D eigenvalue weighted by molar-refractivity contribution is -0.0980. The highest BCUT2D eigenvalue weighted by Gasteiger charge is 2.20. The minimum atomic E-state index is -0.279. The molecule has 0 spiro atoms. The van der Waals surface area contributed by atoms with Gasteiger partial charge in [-0.05, 0) is 68.1 Å². The van der Waals surface area contributed by atoms with E-state index in [1.807, 2.05) is 60.9 Å². The number of nitrogens with zero attached hydrogens (tertiary/aromatic N) is 3. The number of amides is 2. The maximum atomic E-state index is 12.1. The number of imidazole rings is 1. The van der Waals surface area contributed by atoms with Crippen molar-refractivity contribution in [3.8, 4) is 5.69 Å². The van der Waals surface area contributed by atoms with Crippen LogP contribution in [-0.2, 0) is 11.2 Å². The fraction of sp³-hybridized carbons (Fsp3) is 0.188. The minimum absolute atomic E-state index is 0.237. The van der Waals surface area contributed by atoms with E-state index < -0.39 is 0 Å². The van der Waals surface area contributed by atoms with Gasteiger partial charge in [0.25, 0.3) is 0 Å². The predicted molar refractivity (Wildman–Crippen MR) is 157 cm³/mol. The lowest BCUT2D eigenvalue weighted by atomic mass is 10.1. The van der Waals surface area contributed by atoms with Crippen molar-refractivity contribution < 1.29 is 9.59 Å². The Labute approximate surface area is 229 Å². The SMILES string of the molecule is C=O.CNC(=O)NC(Cc1ccccc1)c1nccn1-c1ccc2nc(C)ccc2c1.Cc1ccccc1C. The van der Waals surface area contributed by atoms with Crippen LogP contribution in [0.2, 0.25) is 0 Å². The van der Waals surface area contributed by atoms with Crippen molar-refractivity contribution in [3.63, 3.8) is 0 Å². The molecule has 5 aromatic rings. The lowest BCUT2D eigenvalue weighted by Crippen LogP contribution is -2.37. The molecule has 0 fully saturated rings. The Bertz CT molecular complexity index is 1480. The Balaban J connectivity index is 0.000000357.